The summed E-state index contributed by atoms with van der Waals surface area (Å²) < 4.78 is 22.5. The van der Waals surface area contributed by atoms with Crippen molar-refractivity contribution in [3.8, 4) is 5.69 Å². The molecule has 3 aromatic rings. The van der Waals surface area contributed by atoms with Crippen LogP contribution in [-0.4, -0.2) is 38.2 Å². The number of carbonyl (C=O) groups excluding carboxylic acids is 1. The molecule has 3 heterocycles. The zero-order valence-electron chi connectivity index (χ0n) is 16.0. The maximum Gasteiger partial charge on any atom is 0.276 e. The molecule has 0 saturated carbocycles. The lowest BCUT2D eigenvalue weighted by atomic mass is 10.2. The maximum absolute atomic E-state index is 13.3. The third kappa shape index (κ3) is 3.55. The van der Waals surface area contributed by atoms with Crippen LogP contribution in [0.15, 0.2) is 36.7 Å². The third-order valence-corrected chi connectivity index (χ3v) is 5.52. The van der Waals surface area contributed by atoms with Crippen molar-refractivity contribution in [2.24, 2.45) is 0 Å². The predicted molar refractivity (Wildman–Crippen MR) is 105 cm³/mol. The van der Waals surface area contributed by atoms with Gasteiger partial charge in [0.2, 0.25) is 0 Å². The van der Waals surface area contributed by atoms with Gasteiger partial charge in [0.05, 0.1) is 30.2 Å². The second-order valence-electron chi connectivity index (χ2n) is 7.56. The van der Waals surface area contributed by atoms with E-state index in [-0.39, 0.29) is 17.8 Å². The molecule has 1 atom stereocenters. The first-order chi connectivity index (χ1) is 14.2. The van der Waals surface area contributed by atoms with Crippen LogP contribution in [0.5, 0.6) is 0 Å². The number of halogens is 1. The van der Waals surface area contributed by atoms with E-state index in [1.165, 1.54) is 12.1 Å². The number of ether oxygens (including phenoxy) is 1. The van der Waals surface area contributed by atoms with E-state index in [9.17, 15) is 9.18 Å². The Hall–Kier alpha value is -3.00. The van der Waals surface area contributed by atoms with Crippen LogP contribution in [0.25, 0.3) is 5.69 Å². The summed E-state index contributed by atoms with van der Waals surface area (Å²) in [5.74, 6) is -0.545. The molecule has 0 radical (unpaired) electrons. The second-order valence-corrected chi connectivity index (χ2v) is 7.56. The van der Waals surface area contributed by atoms with Gasteiger partial charge >= 0.3 is 0 Å². The van der Waals surface area contributed by atoms with Crippen LogP contribution in [0, 0.1) is 5.82 Å². The summed E-state index contributed by atoms with van der Waals surface area (Å²) in [5, 5.41) is 11.8. The number of hydrogen-bond acceptors (Lipinski definition) is 4. The van der Waals surface area contributed by atoms with E-state index < -0.39 is 0 Å². The molecule has 1 aliphatic carbocycles. The Morgan fingerprint density at radius 2 is 2.10 bits per heavy atom. The van der Waals surface area contributed by atoms with Crippen LogP contribution in [0.1, 0.15) is 41.0 Å². The van der Waals surface area contributed by atoms with Crippen molar-refractivity contribution in [3.05, 3.63) is 59.4 Å². The fourth-order valence-electron chi connectivity index (χ4n) is 4.13. The minimum atomic E-state index is -0.296. The molecule has 29 heavy (non-hydrogen) atoms. The topological polar surface area (TPSA) is 74.0 Å². The van der Waals surface area contributed by atoms with Crippen molar-refractivity contribution < 1.29 is 13.9 Å². The molecule has 0 unspecified atom stereocenters. The SMILES string of the molecule is O=C(Nc1cnn(C[C@@H]2CCCO2)c1)c1nn(-c2ccc(F)cc2)c2c1CCC2. The number of benzene rings is 1. The average molecular weight is 395 g/mol. The number of hydrogen-bond donors (Lipinski definition) is 1. The first-order valence-corrected chi connectivity index (χ1v) is 9.99. The van der Waals surface area contributed by atoms with E-state index in [4.69, 9.17) is 4.74 Å². The molecule has 2 aromatic heterocycles. The lowest BCUT2D eigenvalue weighted by molar-refractivity contribution is 0.0940. The smallest absolute Gasteiger partial charge is 0.276 e. The van der Waals surface area contributed by atoms with Crippen molar-refractivity contribution in [2.45, 2.75) is 44.8 Å². The van der Waals surface area contributed by atoms with Gasteiger partial charge < -0.3 is 10.1 Å². The molecule has 1 amide bonds. The highest BCUT2D eigenvalue weighted by molar-refractivity contribution is 6.04. The van der Waals surface area contributed by atoms with E-state index in [0.717, 1.165) is 55.7 Å². The van der Waals surface area contributed by atoms with Gasteiger partial charge in [-0.2, -0.15) is 10.2 Å². The average Bonchev–Trinajstić information content (AvgIpc) is 3.48. The van der Waals surface area contributed by atoms with Crippen LogP contribution >= 0.6 is 0 Å². The number of nitrogens with one attached hydrogen (secondary N) is 1. The van der Waals surface area contributed by atoms with Crippen molar-refractivity contribution in [1.29, 1.82) is 0 Å². The summed E-state index contributed by atoms with van der Waals surface area (Å²) in [5.41, 5.74) is 3.81. The Balaban J connectivity index is 1.36. The number of anilines is 1. The summed E-state index contributed by atoms with van der Waals surface area (Å²) in [6.45, 7) is 1.49. The molecular weight excluding hydrogens is 373 g/mol. The summed E-state index contributed by atoms with van der Waals surface area (Å²) in [4.78, 5) is 12.9. The molecule has 1 saturated heterocycles. The second kappa shape index (κ2) is 7.44. The van der Waals surface area contributed by atoms with Gasteiger partial charge in [0.1, 0.15) is 5.82 Å². The first-order valence-electron chi connectivity index (χ1n) is 9.99. The molecule has 150 valence electrons. The summed E-state index contributed by atoms with van der Waals surface area (Å²) >= 11 is 0. The van der Waals surface area contributed by atoms with Crippen molar-refractivity contribution in [1.82, 2.24) is 19.6 Å². The molecule has 2 aliphatic rings. The first kappa shape index (κ1) is 18.1. The lowest BCUT2D eigenvalue weighted by Gasteiger charge is -2.08. The van der Waals surface area contributed by atoms with Crippen molar-refractivity contribution >= 4 is 11.6 Å². The minimum Gasteiger partial charge on any atom is -0.376 e. The Morgan fingerprint density at radius 3 is 2.90 bits per heavy atom. The van der Waals surface area contributed by atoms with Gasteiger partial charge in [-0.3, -0.25) is 9.48 Å². The Morgan fingerprint density at radius 1 is 1.24 bits per heavy atom. The zero-order chi connectivity index (χ0) is 19.8. The number of aromatic nitrogens is 4. The molecule has 5 rings (SSSR count). The Labute approximate surface area is 167 Å². The molecule has 1 aliphatic heterocycles. The van der Waals surface area contributed by atoms with Crippen LogP contribution in [-0.2, 0) is 24.1 Å². The highest BCUT2D eigenvalue weighted by Crippen LogP contribution is 2.28. The van der Waals surface area contributed by atoms with Crippen LogP contribution in [0.3, 0.4) is 0 Å². The third-order valence-electron chi connectivity index (χ3n) is 5.52. The monoisotopic (exact) mass is 395 g/mol. The quantitative estimate of drug-likeness (QED) is 0.720. The number of fused-ring (bicyclic) bond motifs is 1. The highest BCUT2D eigenvalue weighted by atomic mass is 19.1. The zero-order valence-corrected chi connectivity index (χ0v) is 16.0. The van der Waals surface area contributed by atoms with E-state index in [2.05, 4.69) is 15.5 Å². The van der Waals surface area contributed by atoms with Crippen LogP contribution in [0.4, 0.5) is 10.1 Å². The van der Waals surface area contributed by atoms with Crippen LogP contribution in [0.2, 0.25) is 0 Å². The van der Waals surface area contributed by atoms with E-state index >= 15 is 0 Å². The Kier molecular flexibility index (Phi) is 4.63. The fourth-order valence-corrected chi connectivity index (χ4v) is 4.13. The van der Waals surface area contributed by atoms with Crippen molar-refractivity contribution in [3.63, 3.8) is 0 Å². The van der Waals surface area contributed by atoms with Gasteiger partial charge in [0, 0.05) is 24.1 Å². The predicted octanol–water partition coefficient (Wildman–Crippen LogP) is 3.13. The van der Waals surface area contributed by atoms with Crippen molar-refractivity contribution in [2.75, 3.05) is 11.9 Å². The van der Waals surface area contributed by atoms with Gasteiger partial charge in [-0.1, -0.05) is 0 Å². The molecule has 0 bridgehead atoms. The van der Waals surface area contributed by atoms with Gasteiger partial charge in [0.15, 0.2) is 5.69 Å². The Bertz CT molecular complexity index is 1030. The minimum absolute atomic E-state index is 0.188. The standard InChI is InChI=1S/C21H22FN5O2/c22-14-6-8-16(9-7-14)27-19-5-1-4-18(19)20(25-27)21(28)24-15-11-23-26(12-15)13-17-3-2-10-29-17/h6-9,11-12,17H,1-5,10,13H2,(H,24,28)/t17-/m0/s1. The van der Waals surface area contributed by atoms with E-state index in [0.29, 0.717) is 17.9 Å². The molecule has 1 fully saturated rings. The molecule has 7 nitrogen and oxygen atoms in total. The molecule has 1 aromatic carbocycles. The molecule has 1 N–H and O–H groups in total. The van der Waals surface area contributed by atoms with E-state index in [1.54, 1.807) is 27.7 Å². The summed E-state index contributed by atoms with van der Waals surface area (Å²) in [6.07, 6.45) is 8.41. The number of carbonyl (C=O) groups is 1. The van der Waals surface area contributed by atoms with Gasteiger partial charge in [-0.05, 0) is 56.4 Å². The largest absolute Gasteiger partial charge is 0.376 e. The van der Waals surface area contributed by atoms with Gasteiger partial charge in [0.25, 0.3) is 5.91 Å². The van der Waals surface area contributed by atoms with Crippen LogP contribution < -0.4 is 5.32 Å². The highest BCUT2D eigenvalue weighted by Gasteiger charge is 2.27. The number of rotatable bonds is 5. The van der Waals surface area contributed by atoms with Gasteiger partial charge in [-0.25, -0.2) is 9.07 Å². The molecule has 8 heteroatoms. The lowest BCUT2D eigenvalue weighted by Crippen LogP contribution is -2.16. The normalized spacial score (nSPS) is 18.2. The maximum atomic E-state index is 13.3. The van der Waals surface area contributed by atoms with E-state index in [1.807, 2.05) is 6.20 Å². The molecule has 0 spiro atoms. The number of amides is 1. The molecular formula is C21H22FN5O2. The van der Waals surface area contributed by atoms with Gasteiger partial charge in [-0.15, -0.1) is 0 Å². The number of nitrogens with zero attached hydrogens (tertiary/aromatic N) is 4. The summed E-state index contributed by atoms with van der Waals surface area (Å²) in [7, 11) is 0. The fraction of sp³-hybridized carbons (Fsp3) is 0.381. The summed E-state index contributed by atoms with van der Waals surface area (Å²) in [6, 6.07) is 6.16.